The van der Waals surface area contributed by atoms with Gasteiger partial charge >= 0.3 is 5.97 Å². The van der Waals surface area contributed by atoms with Crippen molar-refractivity contribution in [3.05, 3.63) is 35.9 Å². The zero-order chi connectivity index (χ0) is 19.7. The predicted molar refractivity (Wildman–Crippen MR) is 93.7 cm³/mol. The van der Waals surface area contributed by atoms with E-state index >= 15 is 0 Å². The number of hydrogen-bond donors (Lipinski definition) is 5. The van der Waals surface area contributed by atoms with Crippen molar-refractivity contribution in [2.45, 2.75) is 44.3 Å². The Morgan fingerprint density at radius 1 is 1.08 bits per heavy atom. The molecule has 0 spiro atoms. The Kier molecular flexibility index (Phi) is 8.23. The number of carbonyl (C=O) groups excluding carboxylic acids is 3. The maximum absolute atomic E-state index is 12.3. The fourth-order valence-electron chi connectivity index (χ4n) is 2.17. The summed E-state index contributed by atoms with van der Waals surface area (Å²) in [5, 5.41) is 13.6. The average molecular weight is 364 g/mol. The van der Waals surface area contributed by atoms with Gasteiger partial charge in [0.1, 0.15) is 12.1 Å². The van der Waals surface area contributed by atoms with Gasteiger partial charge in [-0.1, -0.05) is 30.3 Å². The number of primary amides is 1. The van der Waals surface area contributed by atoms with Gasteiger partial charge in [0, 0.05) is 6.42 Å². The maximum atomic E-state index is 12.3. The smallest absolute Gasteiger partial charge is 0.325 e. The van der Waals surface area contributed by atoms with Crippen LogP contribution in [0.15, 0.2) is 30.3 Å². The Balaban J connectivity index is 2.73. The molecular weight excluding hydrogens is 340 g/mol. The third-order valence-corrected chi connectivity index (χ3v) is 3.68. The minimum absolute atomic E-state index is 0.0582. The highest BCUT2D eigenvalue weighted by Crippen LogP contribution is 2.04. The molecule has 0 aliphatic heterocycles. The predicted octanol–water partition coefficient (Wildman–Crippen LogP) is -1.10. The Bertz CT molecular complexity index is 650. The third-order valence-electron chi connectivity index (χ3n) is 3.68. The molecule has 1 rings (SSSR count). The number of nitrogens with one attached hydrogen (secondary N) is 2. The number of carbonyl (C=O) groups is 4. The zero-order valence-corrected chi connectivity index (χ0v) is 14.5. The fourth-order valence-corrected chi connectivity index (χ4v) is 2.17. The van der Waals surface area contributed by atoms with E-state index in [2.05, 4.69) is 10.6 Å². The van der Waals surface area contributed by atoms with Crippen LogP contribution >= 0.6 is 0 Å². The van der Waals surface area contributed by atoms with Crippen LogP contribution in [0.3, 0.4) is 0 Å². The lowest BCUT2D eigenvalue weighted by atomic mass is 10.0. The second-order valence-corrected chi connectivity index (χ2v) is 5.93. The average Bonchev–Trinajstić information content (AvgIpc) is 2.58. The van der Waals surface area contributed by atoms with Gasteiger partial charge in [0.15, 0.2) is 0 Å². The Hall–Kier alpha value is -2.94. The summed E-state index contributed by atoms with van der Waals surface area (Å²) in [7, 11) is 0. The standard InChI is InChI=1S/C17H24N4O5/c1-10(17(25)26)20-16(24)13(7-8-14(19)22)21-15(23)12(18)9-11-5-3-2-4-6-11/h2-6,10,12-13H,7-9,18H2,1H3,(H2,19,22)(H,20,24)(H,21,23)(H,25,26). The number of carboxylic acids is 1. The molecule has 0 radical (unpaired) electrons. The molecular formula is C17H24N4O5. The van der Waals surface area contributed by atoms with Gasteiger partial charge in [-0.15, -0.1) is 0 Å². The van der Waals surface area contributed by atoms with Crippen LogP contribution in [0.25, 0.3) is 0 Å². The van der Waals surface area contributed by atoms with Crippen LogP contribution in [0.5, 0.6) is 0 Å². The molecule has 0 aliphatic rings. The summed E-state index contributed by atoms with van der Waals surface area (Å²) in [6.07, 6.45) is 0.0629. The molecule has 26 heavy (non-hydrogen) atoms. The van der Waals surface area contributed by atoms with Crippen LogP contribution in [0, 0.1) is 0 Å². The van der Waals surface area contributed by atoms with Crippen molar-refractivity contribution in [1.29, 1.82) is 0 Å². The van der Waals surface area contributed by atoms with Crippen molar-refractivity contribution in [3.8, 4) is 0 Å². The quantitative estimate of drug-likeness (QED) is 0.353. The van der Waals surface area contributed by atoms with E-state index in [1.54, 1.807) is 0 Å². The Morgan fingerprint density at radius 3 is 2.23 bits per heavy atom. The molecule has 0 heterocycles. The lowest BCUT2D eigenvalue weighted by molar-refractivity contribution is -0.141. The summed E-state index contributed by atoms with van der Waals surface area (Å²) >= 11 is 0. The van der Waals surface area contributed by atoms with E-state index in [-0.39, 0.29) is 19.3 Å². The summed E-state index contributed by atoms with van der Waals surface area (Å²) in [6, 6.07) is 5.94. The first kappa shape index (κ1) is 21.1. The van der Waals surface area contributed by atoms with Gasteiger partial charge < -0.3 is 27.2 Å². The zero-order valence-electron chi connectivity index (χ0n) is 14.5. The highest BCUT2D eigenvalue weighted by Gasteiger charge is 2.26. The normalized spacial score (nSPS) is 13.9. The highest BCUT2D eigenvalue weighted by atomic mass is 16.4. The topological polar surface area (TPSA) is 165 Å². The van der Waals surface area contributed by atoms with E-state index in [1.807, 2.05) is 30.3 Å². The first-order valence-corrected chi connectivity index (χ1v) is 8.12. The molecule has 9 heteroatoms. The number of hydrogen-bond acceptors (Lipinski definition) is 5. The summed E-state index contributed by atoms with van der Waals surface area (Å²) in [6.45, 7) is 1.29. The van der Waals surface area contributed by atoms with Crippen LogP contribution in [0.2, 0.25) is 0 Å². The minimum atomic E-state index is -1.22. The van der Waals surface area contributed by atoms with Crippen LogP contribution in [-0.2, 0) is 25.6 Å². The van der Waals surface area contributed by atoms with Crippen molar-refractivity contribution in [2.24, 2.45) is 11.5 Å². The molecule has 3 amide bonds. The van der Waals surface area contributed by atoms with Crippen molar-refractivity contribution in [3.63, 3.8) is 0 Å². The number of carboxylic acid groups (broad SMARTS) is 1. The number of benzene rings is 1. The SMILES string of the molecule is CC(NC(=O)C(CCC(N)=O)NC(=O)C(N)Cc1ccccc1)C(=O)O. The first-order chi connectivity index (χ1) is 12.2. The molecule has 0 fully saturated rings. The monoisotopic (exact) mass is 364 g/mol. The van der Waals surface area contributed by atoms with E-state index in [9.17, 15) is 19.2 Å². The molecule has 3 atom stereocenters. The van der Waals surface area contributed by atoms with Crippen molar-refractivity contribution in [2.75, 3.05) is 0 Å². The van der Waals surface area contributed by atoms with Crippen molar-refractivity contribution in [1.82, 2.24) is 10.6 Å². The van der Waals surface area contributed by atoms with Crippen LogP contribution < -0.4 is 22.1 Å². The number of aliphatic carboxylic acids is 1. The van der Waals surface area contributed by atoms with Gasteiger partial charge in [-0.3, -0.25) is 19.2 Å². The van der Waals surface area contributed by atoms with Gasteiger partial charge in [0.05, 0.1) is 6.04 Å². The van der Waals surface area contributed by atoms with E-state index in [4.69, 9.17) is 16.6 Å². The molecule has 0 bridgehead atoms. The number of amides is 3. The Labute approximate surface area is 151 Å². The van der Waals surface area contributed by atoms with Crippen LogP contribution in [0.4, 0.5) is 0 Å². The van der Waals surface area contributed by atoms with Gasteiger partial charge in [-0.25, -0.2) is 0 Å². The van der Waals surface area contributed by atoms with E-state index in [0.717, 1.165) is 5.56 Å². The van der Waals surface area contributed by atoms with Crippen LogP contribution in [0.1, 0.15) is 25.3 Å². The molecule has 7 N–H and O–H groups in total. The lowest BCUT2D eigenvalue weighted by Crippen LogP contribution is -2.54. The summed E-state index contributed by atoms with van der Waals surface area (Å²) < 4.78 is 0. The van der Waals surface area contributed by atoms with E-state index < -0.39 is 41.8 Å². The fraction of sp³-hybridized carbons (Fsp3) is 0.412. The molecule has 0 saturated carbocycles. The molecule has 1 aromatic carbocycles. The molecule has 0 aromatic heterocycles. The minimum Gasteiger partial charge on any atom is -0.480 e. The van der Waals surface area contributed by atoms with Gasteiger partial charge in [-0.2, -0.15) is 0 Å². The third kappa shape index (κ3) is 7.31. The number of rotatable bonds is 10. The summed E-state index contributed by atoms with van der Waals surface area (Å²) in [5.41, 5.74) is 11.8. The van der Waals surface area contributed by atoms with Gasteiger partial charge in [0.25, 0.3) is 0 Å². The maximum Gasteiger partial charge on any atom is 0.325 e. The lowest BCUT2D eigenvalue weighted by Gasteiger charge is -2.21. The van der Waals surface area contributed by atoms with Gasteiger partial charge in [0.2, 0.25) is 17.7 Å². The van der Waals surface area contributed by atoms with E-state index in [1.165, 1.54) is 6.92 Å². The van der Waals surface area contributed by atoms with Crippen LogP contribution in [-0.4, -0.2) is 46.9 Å². The largest absolute Gasteiger partial charge is 0.480 e. The van der Waals surface area contributed by atoms with E-state index in [0.29, 0.717) is 0 Å². The summed E-state index contributed by atoms with van der Waals surface area (Å²) in [4.78, 5) is 46.3. The molecule has 142 valence electrons. The van der Waals surface area contributed by atoms with Crippen molar-refractivity contribution >= 4 is 23.7 Å². The second-order valence-electron chi connectivity index (χ2n) is 5.93. The highest BCUT2D eigenvalue weighted by molar-refractivity contribution is 5.92. The number of nitrogens with two attached hydrogens (primary N) is 2. The molecule has 0 aliphatic carbocycles. The molecule has 3 unspecified atom stereocenters. The first-order valence-electron chi connectivity index (χ1n) is 8.12. The van der Waals surface area contributed by atoms with Crippen molar-refractivity contribution < 1.29 is 24.3 Å². The molecule has 1 aromatic rings. The Morgan fingerprint density at radius 2 is 1.69 bits per heavy atom. The molecule has 0 saturated heterocycles. The van der Waals surface area contributed by atoms with Gasteiger partial charge in [-0.05, 0) is 25.3 Å². The second kappa shape index (κ2) is 10.1. The molecule has 9 nitrogen and oxygen atoms in total. The summed E-state index contributed by atoms with van der Waals surface area (Å²) in [5.74, 6) is -3.17.